The van der Waals surface area contributed by atoms with Crippen molar-refractivity contribution in [1.29, 1.82) is 0 Å². The van der Waals surface area contributed by atoms with Crippen molar-refractivity contribution in [2.75, 3.05) is 47.1 Å². The maximum atomic E-state index is 13.0. The molecule has 4 rings (SSSR count). The van der Waals surface area contributed by atoms with Crippen LogP contribution in [0.5, 0.6) is 23.0 Å². The Balaban J connectivity index is 1.49. The summed E-state index contributed by atoms with van der Waals surface area (Å²) in [6.45, 7) is 3.34. The van der Waals surface area contributed by atoms with Crippen LogP contribution in [0.2, 0.25) is 0 Å². The van der Waals surface area contributed by atoms with Crippen molar-refractivity contribution in [3.05, 3.63) is 83.9 Å². The number of ether oxygens (including phenoxy) is 4. The molecule has 1 amide bonds. The first-order valence-corrected chi connectivity index (χ1v) is 11.3. The Hall–Kier alpha value is -3.55. The fourth-order valence-corrected chi connectivity index (χ4v) is 4.02. The third-order valence-corrected chi connectivity index (χ3v) is 5.81. The van der Waals surface area contributed by atoms with Gasteiger partial charge in [-0.2, -0.15) is 0 Å². The van der Waals surface area contributed by atoms with E-state index >= 15 is 0 Å². The summed E-state index contributed by atoms with van der Waals surface area (Å²) in [5, 5.41) is 3.10. The predicted octanol–water partition coefficient (Wildman–Crippen LogP) is 4.30. The summed E-state index contributed by atoms with van der Waals surface area (Å²) in [5.74, 6) is 2.52. The Bertz CT molecular complexity index is 1080. The zero-order valence-electron chi connectivity index (χ0n) is 19.5. The molecule has 3 aromatic carbocycles. The molecular weight excluding hydrogens is 432 g/mol. The monoisotopic (exact) mass is 462 g/mol. The van der Waals surface area contributed by atoms with Crippen molar-refractivity contribution < 1.29 is 23.7 Å². The molecule has 1 saturated heterocycles. The second-order valence-corrected chi connectivity index (χ2v) is 7.93. The molecule has 0 saturated carbocycles. The van der Waals surface area contributed by atoms with E-state index in [4.69, 9.17) is 18.9 Å². The number of amides is 1. The second kappa shape index (κ2) is 11.5. The average Bonchev–Trinajstić information content (AvgIpc) is 2.90. The van der Waals surface area contributed by atoms with Gasteiger partial charge in [0, 0.05) is 25.2 Å². The van der Waals surface area contributed by atoms with Crippen LogP contribution in [0, 0.1) is 0 Å². The van der Waals surface area contributed by atoms with Crippen LogP contribution in [-0.4, -0.2) is 57.9 Å². The average molecular weight is 463 g/mol. The first-order valence-electron chi connectivity index (χ1n) is 11.3. The number of nitrogens with zero attached hydrogens (tertiary/aromatic N) is 1. The number of morpholine rings is 1. The van der Waals surface area contributed by atoms with Crippen molar-refractivity contribution in [1.82, 2.24) is 10.2 Å². The van der Waals surface area contributed by atoms with E-state index in [2.05, 4.69) is 10.2 Å². The van der Waals surface area contributed by atoms with Crippen molar-refractivity contribution in [2.45, 2.75) is 6.04 Å². The van der Waals surface area contributed by atoms with Gasteiger partial charge in [-0.15, -0.1) is 0 Å². The Morgan fingerprint density at radius 1 is 0.912 bits per heavy atom. The number of rotatable bonds is 9. The van der Waals surface area contributed by atoms with E-state index in [-0.39, 0.29) is 11.9 Å². The summed E-state index contributed by atoms with van der Waals surface area (Å²) in [6, 6.07) is 22.6. The number of carbonyl (C=O) groups excluding carboxylic acids is 1. The van der Waals surface area contributed by atoms with Crippen LogP contribution in [0.1, 0.15) is 22.0 Å². The van der Waals surface area contributed by atoms with E-state index in [1.54, 1.807) is 26.4 Å². The molecule has 1 fully saturated rings. The standard InChI is InChI=1S/C27H30N2O5/c1-31-25-12-11-20(18-26(25)32-2)24(29-13-15-33-16-14-29)19-28-27(30)21-7-6-10-23(17-21)34-22-8-4-3-5-9-22/h3-12,17-18,24H,13-16,19H2,1-2H3,(H,28,30). The smallest absolute Gasteiger partial charge is 0.251 e. The van der Waals surface area contributed by atoms with Crippen LogP contribution < -0.4 is 19.5 Å². The van der Waals surface area contributed by atoms with E-state index in [9.17, 15) is 4.79 Å². The van der Waals surface area contributed by atoms with Crippen molar-refractivity contribution in [3.63, 3.8) is 0 Å². The maximum absolute atomic E-state index is 13.0. The summed E-state index contributed by atoms with van der Waals surface area (Å²) in [5.41, 5.74) is 1.59. The van der Waals surface area contributed by atoms with Gasteiger partial charge in [-0.25, -0.2) is 0 Å². The number of benzene rings is 3. The van der Waals surface area contributed by atoms with Gasteiger partial charge >= 0.3 is 0 Å². The molecule has 0 spiro atoms. The first-order chi connectivity index (χ1) is 16.7. The summed E-state index contributed by atoms with van der Waals surface area (Å²) in [4.78, 5) is 15.4. The minimum Gasteiger partial charge on any atom is -0.493 e. The molecule has 0 aliphatic carbocycles. The topological polar surface area (TPSA) is 69.3 Å². The highest BCUT2D eigenvalue weighted by Gasteiger charge is 2.24. The Kier molecular flexibility index (Phi) is 8.01. The first kappa shape index (κ1) is 23.6. The third kappa shape index (κ3) is 5.87. The molecule has 1 heterocycles. The maximum Gasteiger partial charge on any atom is 0.251 e. The van der Waals surface area contributed by atoms with Crippen molar-refractivity contribution in [2.24, 2.45) is 0 Å². The van der Waals surface area contributed by atoms with E-state index in [0.29, 0.717) is 42.6 Å². The van der Waals surface area contributed by atoms with E-state index < -0.39 is 0 Å². The van der Waals surface area contributed by atoms with Gasteiger partial charge in [0.05, 0.1) is 33.5 Å². The molecule has 7 nitrogen and oxygen atoms in total. The second-order valence-electron chi connectivity index (χ2n) is 7.93. The molecule has 3 aromatic rings. The molecule has 178 valence electrons. The van der Waals surface area contributed by atoms with Gasteiger partial charge in [-0.3, -0.25) is 9.69 Å². The molecule has 1 N–H and O–H groups in total. The van der Waals surface area contributed by atoms with Crippen LogP contribution in [0.4, 0.5) is 0 Å². The van der Waals surface area contributed by atoms with E-state index in [1.165, 1.54) is 0 Å². The molecule has 1 atom stereocenters. The Morgan fingerprint density at radius 3 is 2.38 bits per heavy atom. The highest BCUT2D eigenvalue weighted by molar-refractivity contribution is 5.94. The van der Waals surface area contributed by atoms with Gasteiger partial charge < -0.3 is 24.3 Å². The molecule has 0 bridgehead atoms. The largest absolute Gasteiger partial charge is 0.493 e. The van der Waals surface area contributed by atoms with Crippen LogP contribution >= 0.6 is 0 Å². The normalized spacial score (nSPS) is 14.8. The van der Waals surface area contributed by atoms with Crippen LogP contribution in [0.25, 0.3) is 0 Å². The van der Waals surface area contributed by atoms with Gasteiger partial charge in [0.1, 0.15) is 11.5 Å². The molecule has 1 aliphatic heterocycles. The van der Waals surface area contributed by atoms with E-state index in [1.807, 2.05) is 60.7 Å². The summed E-state index contributed by atoms with van der Waals surface area (Å²) in [7, 11) is 3.24. The van der Waals surface area contributed by atoms with Gasteiger partial charge in [-0.1, -0.05) is 30.3 Å². The molecular formula is C27H30N2O5. The van der Waals surface area contributed by atoms with Crippen LogP contribution in [0.3, 0.4) is 0 Å². The SMILES string of the molecule is COc1ccc(C(CNC(=O)c2cccc(Oc3ccccc3)c2)N2CCOCC2)cc1OC. The minimum absolute atomic E-state index is 0.0311. The quantitative estimate of drug-likeness (QED) is 0.511. The van der Waals surface area contributed by atoms with Gasteiger partial charge in [0.2, 0.25) is 0 Å². The highest BCUT2D eigenvalue weighted by Crippen LogP contribution is 2.32. The number of nitrogens with one attached hydrogen (secondary N) is 1. The summed E-state index contributed by atoms with van der Waals surface area (Å²) < 4.78 is 22.3. The number of hydrogen-bond acceptors (Lipinski definition) is 6. The Labute approximate surface area is 200 Å². The van der Waals surface area contributed by atoms with Gasteiger partial charge in [0.15, 0.2) is 11.5 Å². The Morgan fingerprint density at radius 2 is 1.65 bits per heavy atom. The molecule has 0 radical (unpaired) electrons. The zero-order chi connectivity index (χ0) is 23.8. The lowest BCUT2D eigenvalue weighted by molar-refractivity contribution is 0.0162. The zero-order valence-corrected chi connectivity index (χ0v) is 19.5. The number of hydrogen-bond donors (Lipinski definition) is 1. The fourth-order valence-electron chi connectivity index (χ4n) is 4.02. The minimum atomic E-state index is -0.155. The van der Waals surface area contributed by atoms with Crippen molar-refractivity contribution >= 4 is 5.91 Å². The predicted molar refractivity (Wildman–Crippen MR) is 130 cm³/mol. The lowest BCUT2D eigenvalue weighted by Crippen LogP contribution is -2.43. The molecule has 0 aromatic heterocycles. The lowest BCUT2D eigenvalue weighted by atomic mass is 10.0. The number of carbonyl (C=O) groups is 1. The van der Waals surface area contributed by atoms with Crippen LogP contribution in [-0.2, 0) is 4.74 Å². The van der Waals surface area contributed by atoms with E-state index in [0.717, 1.165) is 24.4 Å². The highest BCUT2D eigenvalue weighted by atomic mass is 16.5. The summed E-state index contributed by atoms with van der Waals surface area (Å²) >= 11 is 0. The van der Waals surface area contributed by atoms with Crippen molar-refractivity contribution in [3.8, 4) is 23.0 Å². The van der Waals surface area contributed by atoms with Gasteiger partial charge in [-0.05, 0) is 48.0 Å². The molecule has 7 heteroatoms. The number of methoxy groups -OCH3 is 2. The molecule has 1 aliphatic rings. The fraction of sp³-hybridized carbons (Fsp3) is 0.296. The third-order valence-electron chi connectivity index (χ3n) is 5.81. The van der Waals surface area contributed by atoms with Gasteiger partial charge in [0.25, 0.3) is 5.91 Å². The number of para-hydroxylation sites is 1. The molecule has 34 heavy (non-hydrogen) atoms. The lowest BCUT2D eigenvalue weighted by Gasteiger charge is -2.35. The molecule has 1 unspecified atom stereocenters. The van der Waals surface area contributed by atoms with Crippen LogP contribution in [0.15, 0.2) is 72.8 Å². The summed E-state index contributed by atoms with van der Waals surface area (Å²) in [6.07, 6.45) is 0.